The van der Waals surface area contributed by atoms with Crippen molar-refractivity contribution in [1.29, 1.82) is 0 Å². The second-order valence-corrected chi connectivity index (χ2v) is 4.69. The van der Waals surface area contributed by atoms with Gasteiger partial charge in [0.15, 0.2) is 5.92 Å². The van der Waals surface area contributed by atoms with Crippen molar-refractivity contribution in [3.8, 4) is 0 Å². The van der Waals surface area contributed by atoms with E-state index in [-0.39, 0.29) is 18.1 Å². The van der Waals surface area contributed by atoms with Crippen LogP contribution in [0.15, 0.2) is 0 Å². The molecular formula is C14H24O5. The van der Waals surface area contributed by atoms with E-state index < -0.39 is 17.9 Å². The number of Topliss-reactive ketones (excluding diaryl/α,β-unsaturated/α-hetero) is 1. The molecule has 0 fully saturated rings. The van der Waals surface area contributed by atoms with E-state index in [1.165, 1.54) is 21.1 Å². The predicted octanol–water partition coefficient (Wildman–Crippen LogP) is 2.12. The van der Waals surface area contributed by atoms with Crippen molar-refractivity contribution >= 4 is 17.7 Å². The maximum atomic E-state index is 11.7. The maximum Gasteiger partial charge on any atom is 0.320 e. The standard InChI is InChI=1S/C14H24O5/c1-5-6-7-8-11(9-10(2)15)12(13(16)18-3)14(17)19-4/h11-12H,5-9H2,1-4H3. The number of ketones is 1. The lowest BCUT2D eigenvalue weighted by molar-refractivity contribution is -0.161. The topological polar surface area (TPSA) is 69.7 Å². The Morgan fingerprint density at radius 3 is 1.89 bits per heavy atom. The molecule has 0 N–H and O–H groups in total. The largest absolute Gasteiger partial charge is 0.468 e. The Hall–Kier alpha value is -1.39. The molecule has 0 aliphatic carbocycles. The molecule has 1 unspecified atom stereocenters. The number of carbonyl (C=O) groups is 3. The van der Waals surface area contributed by atoms with Gasteiger partial charge in [0, 0.05) is 6.42 Å². The van der Waals surface area contributed by atoms with E-state index in [2.05, 4.69) is 16.4 Å². The summed E-state index contributed by atoms with van der Waals surface area (Å²) in [5.41, 5.74) is 0. The first-order chi connectivity index (χ1) is 8.97. The van der Waals surface area contributed by atoms with Gasteiger partial charge in [0.05, 0.1) is 14.2 Å². The minimum atomic E-state index is -1.00. The SMILES string of the molecule is CCCCCC(CC(C)=O)C(C(=O)OC)C(=O)OC. The third kappa shape index (κ3) is 6.36. The first-order valence-corrected chi connectivity index (χ1v) is 6.62. The summed E-state index contributed by atoms with van der Waals surface area (Å²) >= 11 is 0. The molecule has 0 amide bonds. The summed E-state index contributed by atoms with van der Waals surface area (Å²) in [5, 5.41) is 0. The van der Waals surface area contributed by atoms with Gasteiger partial charge in [0.25, 0.3) is 0 Å². The Kier molecular flexibility index (Phi) is 8.83. The van der Waals surface area contributed by atoms with Gasteiger partial charge in [-0.1, -0.05) is 26.2 Å². The molecule has 0 aliphatic rings. The van der Waals surface area contributed by atoms with E-state index in [1.54, 1.807) is 0 Å². The monoisotopic (exact) mass is 272 g/mol. The molecule has 0 bridgehead atoms. The van der Waals surface area contributed by atoms with Crippen molar-refractivity contribution in [3.05, 3.63) is 0 Å². The third-order valence-electron chi connectivity index (χ3n) is 3.11. The van der Waals surface area contributed by atoms with Crippen molar-refractivity contribution in [3.63, 3.8) is 0 Å². The van der Waals surface area contributed by atoms with Crippen LogP contribution < -0.4 is 0 Å². The summed E-state index contributed by atoms with van der Waals surface area (Å²) in [4.78, 5) is 34.8. The first-order valence-electron chi connectivity index (χ1n) is 6.62. The Bertz CT molecular complexity index is 295. The zero-order chi connectivity index (χ0) is 14.8. The van der Waals surface area contributed by atoms with Gasteiger partial charge in [-0.3, -0.25) is 9.59 Å². The zero-order valence-electron chi connectivity index (χ0n) is 12.2. The number of hydrogen-bond acceptors (Lipinski definition) is 5. The number of esters is 2. The van der Waals surface area contributed by atoms with Crippen LogP contribution in [0.25, 0.3) is 0 Å². The molecule has 19 heavy (non-hydrogen) atoms. The molecule has 0 aromatic carbocycles. The molecule has 5 heteroatoms. The van der Waals surface area contributed by atoms with E-state index in [0.717, 1.165) is 19.3 Å². The Labute approximate surface area is 114 Å². The van der Waals surface area contributed by atoms with E-state index in [1.807, 2.05) is 0 Å². The zero-order valence-corrected chi connectivity index (χ0v) is 12.2. The van der Waals surface area contributed by atoms with Crippen LogP contribution in [0.5, 0.6) is 0 Å². The van der Waals surface area contributed by atoms with Crippen LogP contribution in [0.3, 0.4) is 0 Å². The van der Waals surface area contributed by atoms with E-state index in [4.69, 9.17) is 0 Å². The van der Waals surface area contributed by atoms with E-state index in [9.17, 15) is 14.4 Å². The summed E-state index contributed by atoms with van der Waals surface area (Å²) in [6.07, 6.45) is 3.75. The van der Waals surface area contributed by atoms with Crippen LogP contribution in [-0.4, -0.2) is 31.9 Å². The number of unbranched alkanes of at least 4 members (excludes halogenated alkanes) is 2. The summed E-state index contributed by atoms with van der Waals surface area (Å²) in [6.45, 7) is 3.52. The lowest BCUT2D eigenvalue weighted by Gasteiger charge is -2.22. The van der Waals surface area contributed by atoms with Gasteiger partial charge >= 0.3 is 11.9 Å². The number of hydrogen-bond donors (Lipinski definition) is 0. The fourth-order valence-corrected chi connectivity index (χ4v) is 2.15. The fourth-order valence-electron chi connectivity index (χ4n) is 2.15. The summed E-state index contributed by atoms with van der Waals surface area (Å²) in [6, 6.07) is 0. The number of ether oxygens (including phenoxy) is 2. The van der Waals surface area contributed by atoms with Crippen molar-refractivity contribution < 1.29 is 23.9 Å². The molecule has 0 radical (unpaired) electrons. The highest BCUT2D eigenvalue weighted by Gasteiger charge is 2.36. The molecule has 0 rings (SSSR count). The molecule has 0 aliphatic heterocycles. The van der Waals surface area contributed by atoms with Crippen molar-refractivity contribution in [2.24, 2.45) is 11.8 Å². The predicted molar refractivity (Wildman–Crippen MR) is 70.5 cm³/mol. The van der Waals surface area contributed by atoms with Crippen LogP contribution in [0.1, 0.15) is 46.0 Å². The molecule has 110 valence electrons. The van der Waals surface area contributed by atoms with Gasteiger partial charge in [0.2, 0.25) is 0 Å². The van der Waals surface area contributed by atoms with Gasteiger partial charge in [-0.05, 0) is 19.3 Å². The van der Waals surface area contributed by atoms with Crippen LogP contribution in [0.2, 0.25) is 0 Å². The van der Waals surface area contributed by atoms with Gasteiger partial charge in [-0.15, -0.1) is 0 Å². The molecular weight excluding hydrogens is 248 g/mol. The summed E-state index contributed by atoms with van der Waals surface area (Å²) in [7, 11) is 2.46. The molecule has 0 aromatic rings. The highest BCUT2D eigenvalue weighted by molar-refractivity contribution is 5.95. The van der Waals surface area contributed by atoms with E-state index >= 15 is 0 Å². The first kappa shape index (κ1) is 17.6. The highest BCUT2D eigenvalue weighted by Crippen LogP contribution is 2.25. The minimum absolute atomic E-state index is 0.0423. The lowest BCUT2D eigenvalue weighted by Crippen LogP contribution is -2.34. The van der Waals surface area contributed by atoms with Gasteiger partial charge in [0.1, 0.15) is 5.78 Å². The normalized spacial score (nSPS) is 12.1. The molecule has 1 atom stereocenters. The molecule has 0 saturated carbocycles. The van der Waals surface area contributed by atoms with Crippen molar-refractivity contribution in [2.45, 2.75) is 46.0 Å². The van der Waals surface area contributed by atoms with E-state index in [0.29, 0.717) is 6.42 Å². The van der Waals surface area contributed by atoms with Gasteiger partial charge in [-0.2, -0.15) is 0 Å². The Morgan fingerprint density at radius 2 is 1.53 bits per heavy atom. The molecule has 0 saturated heterocycles. The van der Waals surface area contributed by atoms with Crippen LogP contribution in [0, 0.1) is 11.8 Å². The lowest BCUT2D eigenvalue weighted by atomic mass is 9.84. The van der Waals surface area contributed by atoms with Crippen LogP contribution >= 0.6 is 0 Å². The van der Waals surface area contributed by atoms with Crippen LogP contribution in [-0.2, 0) is 23.9 Å². The number of methoxy groups -OCH3 is 2. The third-order valence-corrected chi connectivity index (χ3v) is 3.11. The Morgan fingerprint density at radius 1 is 1.00 bits per heavy atom. The van der Waals surface area contributed by atoms with Gasteiger partial charge in [-0.25, -0.2) is 0 Å². The van der Waals surface area contributed by atoms with Crippen molar-refractivity contribution in [2.75, 3.05) is 14.2 Å². The number of carbonyl (C=O) groups excluding carboxylic acids is 3. The van der Waals surface area contributed by atoms with Crippen molar-refractivity contribution in [1.82, 2.24) is 0 Å². The molecule has 0 aromatic heterocycles. The maximum absolute atomic E-state index is 11.7. The Balaban J connectivity index is 4.93. The smallest absolute Gasteiger partial charge is 0.320 e. The van der Waals surface area contributed by atoms with Crippen LogP contribution in [0.4, 0.5) is 0 Å². The minimum Gasteiger partial charge on any atom is -0.468 e. The van der Waals surface area contributed by atoms with Gasteiger partial charge < -0.3 is 14.3 Å². The fraction of sp³-hybridized carbons (Fsp3) is 0.786. The molecule has 0 spiro atoms. The average Bonchev–Trinajstić information content (AvgIpc) is 2.37. The molecule has 5 nitrogen and oxygen atoms in total. The molecule has 0 heterocycles. The highest BCUT2D eigenvalue weighted by atomic mass is 16.5. The second kappa shape index (κ2) is 9.53. The summed E-state index contributed by atoms with van der Waals surface area (Å²) in [5.74, 6) is -2.65. The quantitative estimate of drug-likeness (QED) is 0.365. The summed E-state index contributed by atoms with van der Waals surface area (Å²) < 4.78 is 9.31. The number of rotatable bonds is 9. The second-order valence-electron chi connectivity index (χ2n) is 4.69. The average molecular weight is 272 g/mol.